The van der Waals surface area contributed by atoms with Gasteiger partial charge in [0, 0.05) is 18.8 Å². The molecule has 0 N–H and O–H groups in total. The molecule has 2 rings (SSSR count). The molecule has 0 atom stereocenters. The summed E-state index contributed by atoms with van der Waals surface area (Å²) in [5.74, 6) is 0.767. The van der Waals surface area contributed by atoms with Gasteiger partial charge in [0.05, 0.1) is 5.56 Å². The van der Waals surface area contributed by atoms with Crippen LogP contribution in [0.5, 0.6) is 0 Å². The van der Waals surface area contributed by atoms with Crippen LogP contribution in [0.2, 0.25) is 0 Å². The summed E-state index contributed by atoms with van der Waals surface area (Å²) in [6.45, 7) is 8.88. The third-order valence-electron chi connectivity index (χ3n) is 3.40. The van der Waals surface area contributed by atoms with Crippen LogP contribution in [0.1, 0.15) is 29.7 Å². The number of pyridine rings is 1. The van der Waals surface area contributed by atoms with Gasteiger partial charge < -0.3 is 4.90 Å². The maximum Gasteiger partial charge on any atom is 0.147 e. The first kappa shape index (κ1) is 13.4. The smallest absolute Gasteiger partial charge is 0.147 e. The van der Waals surface area contributed by atoms with Crippen molar-refractivity contribution in [3.8, 4) is 6.07 Å². The molecule has 3 heteroatoms. The fraction of sp³-hybridized carbons (Fsp3) is 0.375. The van der Waals surface area contributed by atoms with Gasteiger partial charge >= 0.3 is 0 Å². The van der Waals surface area contributed by atoms with Gasteiger partial charge in [-0.2, -0.15) is 5.26 Å². The van der Waals surface area contributed by atoms with Crippen LogP contribution in [0.4, 0.5) is 5.82 Å². The molecule has 0 amide bonds. The van der Waals surface area contributed by atoms with E-state index in [1.807, 2.05) is 23.1 Å². The van der Waals surface area contributed by atoms with Crippen LogP contribution in [0.15, 0.2) is 31.4 Å². The van der Waals surface area contributed by atoms with E-state index in [9.17, 15) is 5.26 Å². The topological polar surface area (TPSA) is 39.9 Å². The Morgan fingerprint density at radius 2 is 1.95 bits per heavy atom. The summed E-state index contributed by atoms with van der Waals surface area (Å²) in [6, 6.07) is 4.28. The van der Waals surface area contributed by atoms with Gasteiger partial charge in [-0.3, -0.25) is 0 Å². The molecule has 0 saturated heterocycles. The van der Waals surface area contributed by atoms with Crippen molar-refractivity contribution in [1.29, 1.82) is 5.26 Å². The summed E-state index contributed by atoms with van der Waals surface area (Å²) in [7, 11) is 0. The van der Waals surface area contributed by atoms with Gasteiger partial charge in [-0.05, 0) is 37.3 Å². The molecule has 19 heavy (non-hydrogen) atoms. The summed E-state index contributed by atoms with van der Waals surface area (Å²) in [5, 5.41) is 9.34. The second-order valence-corrected chi connectivity index (χ2v) is 4.77. The highest BCUT2D eigenvalue weighted by Gasteiger charge is 2.17. The minimum Gasteiger partial charge on any atom is -0.348 e. The highest BCUT2D eigenvalue weighted by atomic mass is 15.2. The van der Waals surface area contributed by atoms with Gasteiger partial charge in [-0.1, -0.05) is 12.2 Å². The molecule has 0 aliphatic heterocycles. The molecule has 0 saturated carbocycles. The molecule has 98 valence electrons. The number of fused-ring (bicyclic) bond motifs is 1. The SMILES string of the molecule is C=CCN(CC=C)c1nc2c(cc1C#N)CCCC2. The molecule has 0 unspecified atom stereocenters. The summed E-state index contributed by atoms with van der Waals surface area (Å²) in [4.78, 5) is 6.76. The van der Waals surface area contributed by atoms with E-state index in [-0.39, 0.29) is 0 Å². The summed E-state index contributed by atoms with van der Waals surface area (Å²) < 4.78 is 0. The van der Waals surface area contributed by atoms with E-state index in [0.29, 0.717) is 18.7 Å². The molecule has 0 bridgehead atoms. The van der Waals surface area contributed by atoms with E-state index in [0.717, 1.165) is 24.4 Å². The number of aryl methyl sites for hydroxylation is 2. The van der Waals surface area contributed by atoms with Crippen molar-refractivity contribution >= 4 is 5.82 Å². The second-order valence-electron chi connectivity index (χ2n) is 4.77. The Bertz CT molecular complexity index is 516. The lowest BCUT2D eigenvalue weighted by molar-refractivity contribution is 0.665. The summed E-state index contributed by atoms with van der Waals surface area (Å²) in [6.07, 6.45) is 8.10. The Balaban J connectivity index is 2.44. The van der Waals surface area contributed by atoms with E-state index >= 15 is 0 Å². The Morgan fingerprint density at radius 3 is 2.58 bits per heavy atom. The highest BCUT2D eigenvalue weighted by Crippen LogP contribution is 2.26. The molecule has 0 spiro atoms. The third kappa shape index (κ3) is 2.85. The second kappa shape index (κ2) is 6.19. The summed E-state index contributed by atoms with van der Waals surface area (Å²) >= 11 is 0. The van der Waals surface area contributed by atoms with Crippen LogP contribution < -0.4 is 4.90 Å². The molecule has 0 aromatic carbocycles. The Kier molecular flexibility index (Phi) is 4.35. The van der Waals surface area contributed by atoms with Gasteiger partial charge in [0.25, 0.3) is 0 Å². The number of aromatic nitrogens is 1. The summed E-state index contributed by atoms with van der Waals surface area (Å²) in [5.41, 5.74) is 3.05. The van der Waals surface area contributed by atoms with Crippen molar-refractivity contribution in [2.75, 3.05) is 18.0 Å². The molecule has 3 nitrogen and oxygen atoms in total. The van der Waals surface area contributed by atoms with Gasteiger partial charge in [0.2, 0.25) is 0 Å². The van der Waals surface area contributed by atoms with Crippen molar-refractivity contribution in [3.05, 3.63) is 48.2 Å². The van der Waals surface area contributed by atoms with Crippen LogP contribution in [0.3, 0.4) is 0 Å². The highest BCUT2D eigenvalue weighted by molar-refractivity contribution is 5.57. The van der Waals surface area contributed by atoms with Crippen LogP contribution in [-0.4, -0.2) is 18.1 Å². The van der Waals surface area contributed by atoms with Gasteiger partial charge in [-0.15, -0.1) is 13.2 Å². The lowest BCUT2D eigenvalue weighted by atomic mass is 9.95. The molecule has 1 aromatic heterocycles. The van der Waals surface area contributed by atoms with Crippen molar-refractivity contribution in [1.82, 2.24) is 4.98 Å². The van der Waals surface area contributed by atoms with Crippen molar-refractivity contribution in [2.45, 2.75) is 25.7 Å². The van der Waals surface area contributed by atoms with Crippen molar-refractivity contribution in [2.24, 2.45) is 0 Å². The van der Waals surface area contributed by atoms with E-state index < -0.39 is 0 Å². The van der Waals surface area contributed by atoms with E-state index in [1.165, 1.54) is 18.4 Å². The quantitative estimate of drug-likeness (QED) is 0.757. The predicted molar refractivity (Wildman–Crippen MR) is 78.2 cm³/mol. The van der Waals surface area contributed by atoms with E-state index in [1.54, 1.807) is 0 Å². The van der Waals surface area contributed by atoms with Crippen LogP contribution in [0, 0.1) is 11.3 Å². The van der Waals surface area contributed by atoms with Crippen LogP contribution in [0.25, 0.3) is 0 Å². The molecule has 1 aromatic rings. The molecular weight excluding hydrogens is 234 g/mol. The largest absolute Gasteiger partial charge is 0.348 e. The fourth-order valence-electron chi connectivity index (χ4n) is 2.51. The monoisotopic (exact) mass is 253 g/mol. The molecule has 1 aliphatic rings. The first-order chi connectivity index (χ1) is 9.30. The first-order valence-corrected chi connectivity index (χ1v) is 6.69. The van der Waals surface area contributed by atoms with Crippen LogP contribution in [-0.2, 0) is 12.8 Å². The fourth-order valence-corrected chi connectivity index (χ4v) is 2.51. The van der Waals surface area contributed by atoms with Gasteiger partial charge in [-0.25, -0.2) is 4.98 Å². The van der Waals surface area contributed by atoms with Crippen LogP contribution >= 0.6 is 0 Å². The molecular formula is C16H19N3. The zero-order chi connectivity index (χ0) is 13.7. The standard InChI is InChI=1S/C16H19N3/c1-3-9-19(10-4-2)16-14(12-17)11-13-7-5-6-8-15(13)18-16/h3-4,11H,1-2,5-10H2. The molecule has 0 fully saturated rings. The van der Waals surface area contributed by atoms with Crippen molar-refractivity contribution < 1.29 is 0 Å². The maximum atomic E-state index is 9.34. The number of anilines is 1. The minimum absolute atomic E-state index is 0.657. The third-order valence-corrected chi connectivity index (χ3v) is 3.40. The Labute approximate surface area is 114 Å². The maximum absolute atomic E-state index is 9.34. The zero-order valence-electron chi connectivity index (χ0n) is 11.2. The predicted octanol–water partition coefficient (Wildman–Crippen LogP) is 3.01. The normalized spacial score (nSPS) is 13.2. The van der Waals surface area contributed by atoms with Gasteiger partial charge in [0.1, 0.15) is 11.9 Å². The molecule has 0 radical (unpaired) electrons. The average Bonchev–Trinajstić information content (AvgIpc) is 2.45. The molecule has 1 aliphatic carbocycles. The van der Waals surface area contributed by atoms with Gasteiger partial charge in [0.15, 0.2) is 0 Å². The minimum atomic E-state index is 0.657. The van der Waals surface area contributed by atoms with E-state index in [4.69, 9.17) is 4.98 Å². The van der Waals surface area contributed by atoms with E-state index in [2.05, 4.69) is 19.2 Å². The Morgan fingerprint density at radius 1 is 1.26 bits per heavy atom. The first-order valence-electron chi connectivity index (χ1n) is 6.69. The molecule has 1 heterocycles. The number of nitrogens with zero attached hydrogens (tertiary/aromatic N) is 3. The lowest BCUT2D eigenvalue weighted by Crippen LogP contribution is -2.26. The van der Waals surface area contributed by atoms with Crippen molar-refractivity contribution in [3.63, 3.8) is 0 Å². The average molecular weight is 253 g/mol. The number of rotatable bonds is 5. The lowest BCUT2D eigenvalue weighted by Gasteiger charge is -2.24. The number of nitriles is 1. The number of hydrogen-bond acceptors (Lipinski definition) is 3. The number of hydrogen-bond donors (Lipinski definition) is 0. The Hall–Kier alpha value is -2.08. The zero-order valence-corrected chi connectivity index (χ0v) is 11.2.